The predicted octanol–water partition coefficient (Wildman–Crippen LogP) is 2.04. The van der Waals surface area contributed by atoms with E-state index in [2.05, 4.69) is 10.6 Å². The SMILES string of the molecule is COc1c(NC(=O)NCCCC(=O)O)cc(Cl)cc1C(=O)N(C)C. The molecule has 9 heteroatoms. The number of carbonyl (C=O) groups is 3. The van der Waals surface area contributed by atoms with Gasteiger partial charge >= 0.3 is 12.0 Å². The molecule has 0 saturated carbocycles. The van der Waals surface area contributed by atoms with Crippen LogP contribution in [0.5, 0.6) is 5.75 Å². The van der Waals surface area contributed by atoms with Crippen molar-refractivity contribution in [2.75, 3.05) is 33.1 Å². The van der Waals surface area contributed by atoms with Crippen LogP contribution in [0.1, 0.15) is 23.2 Å². The molecule has 0 aliphatic carbocycles. The number of urea groups is 1. The summed E-state index contributed by atoms with van der Waals surface area (Å²) in [5.41, 5.74) is 0.460. The number of benzene rings is 1. The number of nitrogens with zero attached hydrogens (tertiary/aromatic N) is 1. The predicted molar refractivity (Wildman–Crippen MR) is 89.9 cm³/mol. The number of methoxy groups -OCH3 is 1. The van der Waals surface area contributed by atoms with E-state index in [1.54, 1.807) is 14.1 Å². The number of hydrogen-bond acceptors (Lipinski definition) is 4. The number of nitrogens with one attached hydrogen (secondary N) is 2. The molecule has 1 aromatic carbocycles. The number of carboxylic acids is 1. The van der Waals surface area contributed by atoms with E-state index in [0.29, 0.717) is 6.42 Å². The number of carboxylic acid groups (broad SMARTS) is 1. The highest BCUT2D eigenvalue weighted by Gasteiger charge is 2.20. The minimum absolute atomic E-state index is 0.0394. The summed E-state index contributed by atoms with van der Waals surface area (Å²) in [4.78, 5) is 35.9. The summed E-state index contributed by atoms with van der Waals surface area (Å²) in [6.45, 7) is 0.199. The lowest BCUT2D eigenvalue weighted by Crippen LogP contribution is -2.30. The molecule has 0 spiro atoms. The molecule has 0 saturated heterocycles. The van der Waals surface area contributed by atoms with E-state index >= 15 is 0 Å². The van der Waals surface area contributed by atoms with Crippen molar-refractivity contribution in [1.29, 1.82) is 0 Å². The Labute approximate surface area is 144 Å². The van der Waals surface area contributed by atoms with Gasteiger partial charge in [0, 0.05) is 32.1 Å². The van der Waals surface area contributed by atoms with Gasteiger partial charge in [-0.25, -0.2) is 4.79 Å². The highest BCUT2D eigenvalue weighted by atomic mass is 35.5. The Balaban J connectivity index is 2.89. The van der Waals surface area contributed by atoms with Gasteiger partial charge in [-0.05, 0) is 18.6 Å². The van der Waals surface area contributed by atoms with Gasteiger partial charge in [-0.2, -0.15) is 0 Å². The normalized spacial score (nSPS) is 10.0. The minimum Gasteiger partial charge on any atom is -0.494 e. The zero-order valence-electron chi connectivity index (χ0n) is 13.7. The Morgan fingerprint density at radius 3 is 2.50 bits per heavy atom. The van der Waals surface area contributed by atoms with E-state index in [1.165, 1.54) is 24.1 Å². The van der Waals surface area contributed by atoms with E-state index in [4.69, 9.17) is 21.4 Å². The van der Waals surface area contributed by atoms with Gasteiger partial charge in [0.05, 0.1) is 18.4 Å². The van der Waals surface area contributed by atoms with E-state index in [1.807, 2.05) is 0 Å². The van der Waals surface area contributed by atoms with Crippen LogP contribution in [0.25, 0.3) is 0 Å². The highest BCUT2D eigenvalue weighted by molar-refractivity contribution is 6.31. The van der Waals surface area contributed by atoms with Crippen LogP contribution >= 0.6 is 11.6 Å². The number of hydrogen-bond donors (Lipinski definition) is 3. The molecule has 0 aromatic heterocycles. The largest absolute Gasteiger partial charge is 0.494 e. The summed E-state index contributed by atoms with van der Waals surface area (Å²) in [6.07, 6.45) is 0.266. The van der Waals surface area contributed by atoms with Crippen LogP contribution in [-0.2, 0) is 4.79 Å². The summed E-state index contributed by atoms with van der Waals surface area (Å²) in [5.74, 6) is -1.06. The first-order chi connectivity index (χ1) is 11.3. The Hall–Kier alpha value is -2.48. The zero-order chi connectivity index (χ0) is 18.3. The molecule has 0 atom stereocenters. The maximum atomic E-state index is 12.2. The van der Waals surface area contributed by atoms with Crippen molar-refractivity contribution in [2.24, 2.45) is 0 Å². The van der Waals surface area contributed by atoms with Crippen molar-refractivity contribution in [2.45, 2.75) is 12.8 Å². The maximum Gasteiger partial charge on any atom is 0.319 e. The molecule has 0 aliphatic heterocycles. The third-order valence-electron chi connectivity index (χ3n) is 3.00. The number of aliphatic carboxylic acids is 1. The number of amides is 3. The Bertz CT molecular complexity index is 634. The van der Waals surface area contributed by atoms with Gasteiger partial charge in [-0.1, -0.05) is 11.6 Å². The first-order valence-corrected chi connectivity index (χ1v) is 7.50. The van der Waals surface area contributed by atoms with Crippen molar-refractivity contribution >= 4 is 35.2 Å². The van der Waals surface area contributed by atoms with Crippen LogP contribution in [0.15, 0.2) is 12.1 Å². The van der Waals surface area contributed by atoms with Gasteiger partial charge in [-0.15, -0.1) is 0 Å². The molecule has 0 heterocycles. The lowest BCUT2D eigenvalue weighted by atomic mass is 10.1. The number of rotatable bonds is 7. The van der Waals surface area contributed by atoms with E-state index in [-0.39, 0.29) is 40.9 Å². The minimum atomic E-state index is -0.930. The number of halogens is 1. The number of anilines is 1. The molecule has 0 aliphatic rings. The lowest BCUT2D eigenvalue weighted by molar-refractivity contribution is -0.137. The van der Waals surface area contributed by atoms with Crippen LogP contribution in [0.4, 0.5) is 10.5 Å². The average molecular weight is 358 g/mol. The van der Waals surface area contributed by atoms with Crippen molar-refractivity contribution in [3.05, 3.63) is 22.7 Å². The topological polar surface area (TPSA) is 108 Å². The van der Waals surface area contributed by atoms with Crippen molar-refractivity contribution in [1.82, 2.24) is 10.2 Å². The monoisotopic (exact) mass is 357 g/mol. The third-order valence-corrected chi connectivity index (χ3v) is 3.21. The quantitative estimate of drug-likeness (QED) is 0.647. The molecule has 0 unspecified atom stereocenters. The lowest BCUT2D eigenvalue weighted by Gasteiger charge is -2.17. The summed E-state index contributed by atoms with van der Waals surface area (Å²) in [5, 5.41) is 13.9. The summed E-state index contributed by atoms with van der Waals surface area (Å²) in [7, 11) is 4.56. The van der Waals surface area contributed by atoms with Crippen molar-refractivity contribution in [3.8, 4) is 5.75 Å². The fourth-order valence-corrected chi connectivity index (χ4v) is 2.13. The summed E-state index contributed by atoms with van der Waals surface area (Å²) in [6, 6.07) is 2.37. The van der Waals surface area contributed by atoms with Gasteiger partial charge in [-0.3, -0.25) is 9.59 Å². The van der Waals surface area contributed by atoms with Gasteiger partial charge in [0.25, 0.3) is 5.91 Å². The molecule has 24 heavy (non-hydrogen) atoms. The molecule has 1 aromatic rings. The molecule has 0 radical (unpaired) electrons. The van der Waals surface area contributed by atoms with Crippen LogP contribution in [-0.4, -0.2) is 55.7 Å². The van der Waals surface area contributed by atoms with Crippen LogP contribution < -0.4 is 15.4 Å². The smallest absolute Gasteiger partial charge is 0.319 e. The Morgan fingerprint density at radius 2 is 1.96 bits per heavy atom. The second-order valence-electron chi connectivity index (χ2n) is 5.11. The second-order valence-corrected chi connectivity index (χ2v) is 5.55. The maximum absolute atomic E-state index is 12.2. The molecule has 0 fully saturated rings. The molecule has 8 nitrogen and oxygen atoms in total. The second kappa shape index (κ2) is 8.97. The number of carbonyl (C=O) groups excluding carboxylic acids is 2. The molecular formula is C15H20ClN3O5. The van der Waals surface area contributed by atoms with Crippen LogP contribution in [0.3, 0.4) is 0 Å². The van der Waals surface area contributed by atoms with Crippen molar-refractivity contribution in [3.63, 3.8) is 0 Å². The molecule has 132 valence electrons. The van der Waals surface area contributed by atoms with Gasteiger partial charge in [0.2, 0.25) is 0 Å². The van der Waals surface area contributed by atoms with Crippen LogP contribution in [0.2, 0.25) is 5.02 Å². The Kier molecular flexibility index (Phi) is 7.31. The molecular weight excluding hydrogens is 338 g/mol. The average Bonchev–Trinajstić information content (AvgIpc) is 2.50. The molecule has 3 N–H and O–H groups in total. The van der Waals surface area contributed by atoms with Gasteiger partial charge in [0.1, 0.15) is 0 Å². The summed E-state index contributed by atoms with van der Waals surface area (Å²) >= 11 is 6.01. The highest BCUT2D eigenvalue weighted by Crippen LogP contribution is 2.33. The van der Waals surface area contributed by atoms with Crippen LogP contribution in [0, 0.1) is 0 Å². The standard InChI is InChI=1S/C15H20ClN3O5/c1-19(2)14(22)10-7-9(16)8-11(13(10)24-3)18-15(23)17-6-4-5-12(20)21/h7-8H,4-6H2,1-3H3,(H,20,21)(H2,17,18,23). The Morgan fingerprint density at radius 1 is 1.29 bits per heavy atom. The van der Waals surface area contributed by atoms with Gasteiger partial charge in [0.15, 0.2) is 5.75 Å². The zero-order valence-corrected chi connectivity index (χ0v) is 14.4. The van der Waals surface area contributed by atoms with E-state index in [0.717, 1.165) is 0 Å². The summed E-state index contributed by atoms with van der Waals surface area (Å²) < 4.78 is 5.23. The fraction of sp³-hybridized carbons (Fsp3) is 0.400. The number of ether oxygens (including phenoxy) is 1. The van der Waals surface area contributed by atoms with Gasteiger partial charge < -0.3 is 25.4 Å². The molecule has 1 rings (SSSR count). The first-order valence-electron chi connectivity index (χ1n) is 7.12. The molecule has 0 bridgehead atoms. The molecule has 3 amide bonds. The fourth-order valence-electron chi connectivity index (χ4n) is 1.91. The third kappa shape index (κ3) is 5.62. The van der Waals surface area contributed by atoms with E-state index in [9.17, 15) is 14.4 Å². The first kappa shape index (κ1) is 19.6. The van der Waals surface area contributed by atoms with Crippen molar-refractivity contribution < 1.29 is 24.2 Å². The van der Waals surface area contributed by atoms with E-state index < -0.39 is 12.0 Å².